The van der Waals surface area contributed by atoms with Crippen molar-refractivity contribution in [3.8, 4) is 0 Å². The molecule has 21 heavy (non-hydrogen) atoms. The monoisotopic (exact) mass is 298 g/mol. The zero-order valence-corrected chi connectivity index (χ0v) is 13.6. The van der Waals surface area contributed by atoms with Gasteiger partial charge in [-0.15, -0.1) is 0 Å². The molecule has 0 saturated carbocycles. The second-order valence-corrected chi connectivity index (χ2v) is 6.18. The quantitative estimate of drug-likeness (QED) is 0.592. The van der Waals surface area contributed by atoms with Gasteiger partial charge in [0, 0.05) is 26.2 Å². The average molecular weight is 298 g/mol. The van der Waals surface area contributed by atoms with Gasteiger partial charge in [-0.25, -0.2) is 9.86 Å². The summed E-state index contributed by atoms with van der Waals surface area (Å²) in [6.07, 6.45) is 4.82. The molecule has 0 aromatic carbocycles. The first-order chi connectivity index (χ1) is 9.73. The zero-order chi connectivity index (χ0) is 16.0. The summed E-state index contributed by atoms with van der Waals surface area (Å²) in [5.74, 6) is 0.116. The maximum atomic E-state index is 11.9. The van der Waals surface area contributed by atoms with Gasteiger partial charge in [0.05, 0.1) is 7.11 Å². The molecule has 120 valence electrons. The van der Waals surface area contributed by atoms with Crippen molar-refractivity contribution < 1.29 is 19.2 Å². The van der Waals surface area contributed by atoms with Crippen molar-refractivity contribution in [1.29, 1.82) is 0 Å². The number of likely N-dealkylation sites (tertiary alicyclic amines) is 1. The highest BCUT2D eigenvalue weighted by atomic mass is 16.7. The van der Waals surface area contributed by atoms with E-state index in [-0.39, 0.29) is 12.0 Å². The molecule has 1 aliphatic rings. The van der Waals surface area contributed by atoms with Crippen LogP contribution in [0.15, 0.2) is 12.2 Å². The van der Waals surface area contributed by atoms with Crippen LogP contribution in [-0.2, 0) is 14.4 Å². The molecule has 1 rings (SSSR count). The van der Waals surface area contributed by atoms with Crippen LogP contribution in [0.5, 0.6) is 0 Å². The van der Waals surface area contributed by atoms with E-state index in [2.05, 4.69) is 0 Å². The Morgan fingerprint density at radius 2 is 1.81 bits per heavy atom. The first kappa shape index (κ1) is 17.5. The molecule has 0 bridgehead atoms. The number of likely N-dealkylation sites (N-methyl/N-ethyl adjacent to an activating group) is 1. The fourth-order valence-corrected chi connectivity index (χ4v) is 2.01. The molecule has 0 unspecified atom stereocenters. The lowest BCUT2D eigenvalue weighted by molar-refractivity contribution is -0.162. The largest absolute Gasteiger partial charge is 0.444 e. The number of allylic oxidation sites excluding steroid dienone is 1. The summed E-state index contributed by atoms with van der Waals surface area (Å²) in [5.41, 5.74) is -0.467. The Bertz CT molecular complexity index is 393. The number of hydroxylamine groups is 2. The number of nitrogens with zero attached hydrogens (tertiary/aromatic N) is 2. The Hall–Kier alpha value is -1.56. The van der Waals surface area contributed by atoms with Crippen LogP contribution < -0.4 is 0 Å². The number of carbonyl (C=O) groups excluding carboxylic acids is 2. The van der Waals surface area contributed by atoms with Gasteiger partial charge in [0.2, 0.25) is 0 Å². The van der Waals surface area contributed by atoms with E-state index in [9.17, 15) is 9.59 Å². The Kier molecular flexibility index (Phi) is 6.20. The molecule has 0 atom stereocenters. The SMILES string of the molecule is CON(C)C(=O)/C=C/C1CCN(C(=O)OC(C)(C)C)CC1. The van der Waals surface area contributed by atoms with E-state index in [1.807, 2.05) is 26.8 Å². The molecule has 1 fully saturated rings. The van der Waals surface area contributed by atoms with E-state index in [4.69, 9.17) is 9.57 Å². The smallest absolute Gasteiger partial charge is 0.410 e. The fraction of sp³-hybridized carbons (Fsp3) is 0.733. The second kappa shape index (κ2) is 7.45. The highest BCUT2D eigenvalue weighted by molar-refractivity contribution is 5.86. The number of amides is 2. The summed E-state index contributed by atoms with van der Waals surface area (Å²) in [7, 11) is 3.02. The molecule has 0 spiro atoms. The number of rotatable bonds is 3. The van der Waals surface area contributed by atoms with Crippen LogP contribution in [0.2, 0.25) is 0 Å². The van der Waals surface area contributed by atoms with Crippen LogP contribution >= 0.6 is 0 Å². The van der Waals surface area contributed by atoms with Gasteiger partial charge in [0.15, 0.2) is 0 Å². The topological polar surface area (TPSA) is 59.1 Å². The molecule has 0 N–H and O–H groups in total. The van der Waals surface area contributed by atoms with Crippen LogP contribution in [0, 0.1) is 5.92 Å². The third-order valence-corrected chi connectivity index (χ3v) is 3.29. The third-order valence-electron chi connectivity index (χ3n) is 3.29. The lowest BCUT2D eigenvalue weighted by atomic mass is 9.96. The predicted octanol–water partition coefficient (Wildman–Crippen LogP) is 2.21. The summed E-state index contributed by atoms with van der Waals surface area (Å²) in [4.78, 5) is 30.0. The van der Waals surface area contributed by atoms with Crippen molar-refractivity contribution in [3.63, 3.8) is 0 Å². The van der Waals surface area contributed by atoms with Gasteiger partial charge in [0.25, 0.3) is 5.91 Å². The van der Waals surface area contributed by atoms with Gasteiger partial charge in [-0.05, 0) is 39.5 Å². The molecule has 1 heterocycles. The van der Waals surface area contributed by atoms with Crippen molar-refractivity contribution in [1.82, 2.24) is 9.96 Å². The van der Waals surface area contributed by atoms with Crippen LogP contribution in [0.4, 0.5) is 4.79 Å². The summed E-state index contributed by atoms with van der Waals surface area (Å²) < 4.78 is 5.35. The Morgan fingerprint density at radius 1 is 1.24 bits per heavy atom. The van der Waals surface area contributed by atoms with Crippen LogP contribution in [-0.4, -0.2) is 54.8 Å². The van der Waals surface area contributed by atoms with Gasteiger partial charge < -0.3 is 9.64 Å². The number of piperidine rings is 1. The summed E-state index contributed by atoms with van der Waals surface area (Å²) >= 11 is 0. The molecule has 1 aliphatic heterocycles. The third kappa shape index (κ3) is 6.16. The Labute approximate surface area is 126 Å². The number of hydrogen-bond acceptors (Lipinski definition) is 4. The van der Waals surface area contributed by atoms with Crippen molar-refractivity contribution in [2.75, 3.05) is 27.2 Å². The molecule has 0 aromatic rings. The van der Waals surface area contributed by atoms with Gasteiger partial charge >= 0.3 is 6.09 Å². The van der Waals surface area contributed by atoms with Gasteiger partial charge in [-0.2, -0.15) is 0 Å². The van der Waals surface area contributed by atoms with E-state index in [0.717, 1.165) is 12.8 Å². The van der Waals surface area contributed by atoms with Gasteiger partial charge in [-0.1, -0.05) is 6.08 Å². The lowest BCUT2D eigenvalue weighted by Gasteiger charge is -2.32. The minimum atomic E-state index is -0.467. The van der Waals surface area contributed by atoms with Crippen molar-refractivity contribution >= 4 is 12.0 Å². The fourth-order valence-electron chi connectivity index (χ4n) is 2.01. The molecule has 2 amide bonds. The summed E-state index contributed by atoms with van der Waals surface area (Å²) in [5, 5.41) is 1.17. The number of hydrogen-bond donors (Lipinski definition) is 0. The highest BCUT2D eigenvalue weighted by Crippen LogP contribution is 2.20. The zero-order valence-electron chi connectivity index (χ0n) is 13.6. The Balaban J connectivity index is 2.40. The highest BCUT2D eigenvalue weighted by Gasteiger charge is 2.26. The molecular weight excluding hydrogens is 272 g/mol. The lowest BCUT2D eigenvalue weighted by Crippen LogP contribution is -2.41. The minimum absolute atomic E-state index is 0.188. The van der Waals surface area contributed by atoms with Gasteiger partial charge in [-0.3, -0.25) is 9.63 Å². The maximum absolute atomic E-state index is 11.9. The molecule has 6 heteroatoms. The van der Waals surface area contributed by atoms with E-state index < -0.39 is 5.60 Å². The van der Waals surface area contributed by atoms with Crippen molar-refractivity contribution in [2.24, 2.45) is 5.92 Å². The van der Waals surface area contributed by atoms with Crippen molar-refractivity contribution in [3.05, 3.63) is 12.2 Å². The average Bonchev–Trinajstić information content (AvgIpc) is 2.42. The van der Waals surface area contributed by atoms with E-state index in [0.29, 0.717) is 19.0 Å². The number of carbonyl (C=O) groups is 2. The normalized spacial score (nSPS) is 17.1. The molecule has 1 saturated heterocycles. The molecular formula is C15H26N2O4. The van der Waals surface area contributed by atoms with Crippen LogP contribution in [0.25, 0.3) is 0 Å². The van der Waals surface area contributed by atoms with E-state index in [1.165, 1.54) is 18.2 Å². The molecule has 0 radical (unpaired) electrons. The van der Waals surface area contributed by atoms with Crippen LogP contribution in [0.1, 0.15) is 33.6 Å². The summed E-state index contributed by atoms with van der Waals surface area (Å²) in [6.45, 7) is 6.88. The number of ether oxygens (including phenoxy) is 1. The second-order valence-electron chi connectivity index (χ2n) is 6.18. The van der Waals surface area contributed by atoms with Crippen molar-refractivity contribution in [2.45, 2.75) is 39.2 Å². The minimum Gasteiger partial charge on any atom is -0.444 e. The van der Waals surface area contributed by atoms with E-state index in [1.54, 1.807) is 11.9 Å². The molecule has 0 aromatic heterocycles. The first-order valence-electron chi connectivity index (χ1n) is 7.21. The molecule has 0 aliphatic carbocycles. The molecule has 6 nitrogen and oxygen atoms in total. The first-order valence-corrected chi connectivity index (χ1v) is 7.21. The maximum Gasteiger partial charge on any atom is 0.410 e. The Morgan fingerprint density at radius 3 is 2.29 bits per heavy atom. The van der Waals surface area contributed by atoms with Crippen LogP contribution in [0.3, 0.4) is 0 Å². The standard InChI is InChI=1S/C15H26N2O4/c1-15(2,3)21-14(19)17-10-8-12(9-11-17)6-7-13(18)16(4)20-5/h6-7,12H,8-11H2,1-5H3/b7-6+. The summed E-state index contributed by atoms with van der Waals surface area (Å²) in [6, 6.07) is 0. The van der Waals surface area contributed by atoms with Gasteiger partial charge in [0.1, 0.15) is 5.60 Å². The van der Waals surface area contributed by atoms with E-state index >= 15 is 0 Å². The predicted molar refractivity (Wildman–Crippen MR) is 79.5 cm³/mol.